The smallest absolute Gasteiger partial charge is 0.166 e. The van der Waals surface area contributed by atoms with E-state index in [0.29, 0.717) is 10.0 Å². The molecule has 0 spiro atoms. The van der Waals surface area contributed by atoms with E-state index in [4.69, 9.17) is 10.5 Å². The highest BCUT2D eigenvalue weighted by Gasteiger charge is 2.07. The molecule has 0 aliphatic carbocycles. The minimum atomic E-state index is -0.525. The molecule has 5 heteroatoms. The summed E-state index contributed by atoms with van der Waals surface area (Å²) in [6, 6.07) is 8.45. The van der Waals surface area contributed by atoms with Gasteiger partial charge in [-0.3, -0.25) is 0 Å². The van der Waals surface area contributed by atoms with E-state index in [1.807, 2.05) is 0 Å². The zero-order valence-electron chi connectivity index (χ0n) is 9.29. The first kappa shape index (κ1) is 13.0. The molecule has 2 N–H and O–H groups in total. The fraction of sp³-hybridized carbons (Fsp3) is 0.0769. The number of nitrogens with two attached hydrogens (primary N) is 1. The van der Waals surface area contributed by atoms with Gasteiger partial charge in [0.2, 0.25) is 0 Å². The fourth-order valence-corrected chi connectivity index (χ4v) is 1.82. The molecule has 0 bridgehead atoms. The van der Waals surface area contributed by atoms with Gasteiger partial charge in [-0.05, 0) is 35.9 Å². The van der Waals surface area contributed by atoms with Crippen molar-refractivity contribution in [2.45, 2.75) is 6.54 Å². The van der Waals surface area contributed by atoms with Gasteiger partial charge in [-0.2, -0.15) is 0 Å². The third-order valence-corrected chi connectivity index (χ3v) is 2.78. The maximum Gasteiger partial charge on any atom is 0.166 e. The second kappa shape index (κ2) is 5.46. The summed E-state index contributed by atoms with van der Waals surface area (Å²) >= 11 is 3.14. The molecule has 2 rings (SSSR count). The third-order valence-electron chi connectivity index (χ3n) is 2.29. The molecular weight excluding hydrogens is 304 g/mol. The van der Waals surface area contributed by atoms with Crippen molar-refractivity contribution in [2.75, 3.05) is 0 Å². The number of halogens is 3. The van der Waals surface area contributed by atoms with E-state index in [2.05, 4.69) is 15.9 Å². The van der Waals surface area contributed by atoms with Crippen LogP contribution in [0.25, 0.3) is 0 Å². The molecule has 94 valence electrons. The summed E-state index contributed by atoms with van der Waals surface area (Å²) in [6.07, 6.45) is 0. The Balaban J connectivity index is 2.30. The van der Waals surface area contributed by atoms with Crippen molar-refractivity contribution in [2.24, 2.45) is 5.73 Å². The number of hydrogen-bond donors (Lipinski definition) is 1. The Hall–Kier alpha value is -1.46. The monoisotopic (exact) mass is 313 g/mol. The molecule has 0 saturated carbocycles. The average molecular weight is 314 g/mol. The molecule has 0 aliphatic rings. The Labute approximate surface area is 112 Å². The molecule has 0 unspecified atom stereocenters. The number of ether oxygens (including phenoxy) is 1. The molecule has 2 aromatic rings. The lowest BCUT2D eigenvalue weighted by Gasteiger charge is -2.08. The SMILES string of the molecule is NCc1cc(F)cc(Oc2ccc(Br)cc2F)c1. The molecule has 2 nitrogen and oxygen atoms in total. The van der Waals surface area contributed by atoms with Crippen LogP contribution in [0.4, 0.5) is 8.78 Å². The molecule has 0 atom stereocenters. The van der Waals surface area contributed by atoms with Crippen LogP contribution in [0, 0.1) is 11.6 Å². The van der Waals surface area contributed by atoms with Crippen LogP contribution in [0.1, 0.15) is 5.56 Å². The Morgan fingerprint density at radius 1 is 1.11 bits per heavy atom. The maximum absolute atomic E-state index is 13.5. The summed E-state index contributed by atoms with van der Waals surface area (Å²) in [5, 5.41) is 0. The van der Waals surface area contributed by atoms with Crippen LogP contribution in [0.5, 0.6) is 11.5 Å². The van der Waals surface area contributed by atoms with Crippen LogP contribution in [0.2, 0.25) is 0 Å². The van der Waals surface area contributed by atoms with E-state index >= 15 is 0 Å². The van der Waals surface area contributed by atoms with Crippen molar-refractivity contribution >= 4 is 15.9 Å². The standard InChI is InChI=1S/C13H10BrF2NO/c14-9-1-2-13(12(16)5-9)18-11-4-8(7-17)3-10(15)6-11/h1-6H,7,17H2. The van der Waals surface area contributed by atoms with Gasteiger partial charge in [-0.25, -0.2) is 8.78 Å². The van der Waals surface area contributed by atoms with E-state index in [-0.39, 0.29) is 18.0 Å². The maximum atomic E-state index is 13.5. The molecule has 0 fully saturated rings. The van der Waals surface area contributed by atoms with E-state index in [9.17, 15) is 8.78 Å². The molecule has 2 aromatic carbocycles. The molecule has 0 heterocycles. The first-order valence-electron chi connectivity index (χ1n) is 5.21. The van der Waals surface area contributed by atoms with Gasteiger partial charge in [-0.15, -0.1) is 0 Å². The minimum absolute atomic E-state index is 0.0340. The highest BCUT2D eigenvalue weighted by atomic mass is 79.9. The second-order valence-corrected chi connectivity index (χ2v) is 4.59. The van der Waals surface area contributed by atoms with Gasteiger partial charge in [0.05, 0.1) is 0 Å². The molecule has 0 aromatic heterocycles. The van der Waals surface area contributed by atoms with Crippen molar-refractivity contribution < 1.29 is 13.5 Å². The van der Waals surface area contributed by atoms with Gasteiger partial charge in [0.1, 0.15) is 11.6 Å². The highest BCUT2D eigenvalue weighted by Crippen LogP contribution is 2.27. The van der Waals surface area contributed by atoms with Gasteiger partial charge >= 0.3 is 0 Å². The normalized spacial score (nSPS) is 10.4. The van der Waals surface area contributed by atoms with E-state index < -0.39 is 11.6 Å². The van der Waals surface area contributed by atoms with Crippen LogP contribution in [0.3, 0.4) is 0 Å². The summed E-state index contributed by atoms with van der Waals surface area (Å²) in [6.45, 7) is 0.191. The van der Waals surface area contributed by atoms with Crippen molar-refractivity contribution in [3.8, 4) is 11.5 Å². The zero-order chi connectivity index (χ0) is 13.1. The quantitative estimate of drug-likeness (QED) is 0.930. The molecule has 0 saturated heterocycles. The Morgan fingerprint density at radius 2 is 1.89 bits per heavy atom. The Kier molecular flexibility index (Phi) is 3.93. The van der Waals surface area contributed by atoms with Crippen molar-refractivity contribution in [3.05, 3.63) is 58.1 Å². The van der Waals surface area contributed by atoms with E-state index in [1.165, 1.54) is 24.3 Å². The summed E-state index contributed by atoms with van der Waals surface area (Å²) < 4.78 is 32.7. The molecular formula is C13H10BrF2NO. The van der Waals surface area contributed by atoms with Gasteiger partial charge in [0, 0.05) is 17.1 Å². The van der Waals surface area contributed by atoms with Gasteiger partial charge in [0.25, 0.3) is 0 Å². The summed E-state index contributed by atoms with van der Waals surface area (Å²) in [5.41, 5.74) is 6.01. The van der Waals surface area contributed by atoms with Crippen molar-refractivity contribution in [1.82, 2.24) is 0 Å². The summed E-state index contributed by atoms with van der Waals surface area (Å²) in [7, 11) is 0. The van der Waals surface area contributed by atoms with Gasteiger partial charge in [0.15, 0.2) is 11.6 Å². The first-order chi connectivity index (χ1) is 8.58. The predicted octanol–water partition coefficient (Wildman–Crippen LogP) is 3.98. The minimum Gasteiger partial charge on any atom is -0.454 e. The average Bonchev–Trinajstić information content (AvgIpc) is 2.32. The Morgan fingerprint density at radius 3 is 2.56 bits per heavy atom. The number of rotatable bonds is 3. The van der Waals surface area contributed by atoms with Crippen LogP contribution >= 0.6 is 15.9 Å². The van der Waals surface area contributed by atoms with Crippen LogP contribution in [-0.4, -0.2) is 0 Å². The lowest BCUT2D eigenvalue weighted by Crippen LogP contribution is -1.98. The molecule has 18 heavy (non-hydrogen) atoms. The largest absolute Gasteiger partial charge is 0.454 e. The molecule has 0 amide bonds. The van der Waals surface area contributed by atoms with Gasteiger partial charge in [-0.1, -0.05) is 15.9 Å². The number of benzene rings is 2. The lowest BCUT2D eigenvalue weighted by atomic mass is 10.2. The van der Waals surface area contributed by atoms with Crippen LogP contribution in [0.15, 0.2) is 40.9 Å². The van der Waals surface area contributed by atoms with Crippen molar-refractivity contribution in [3.63, 3.8) is 0 Å². The third kappa shape index (κ3) is 3.05. The topological polar surface area (TPSA) is 35.2 Å². The van der Waals surface area contributed by atoms with E-state index in [0.717, 1.165) is 0 Å². The molecule has 0 radical (unpaired) electrons. The molecule has 0 aliphatic heterocycles. The summed E-state index contributed by atoms with van der Waals surface area (Å²) in [5.74, 6) is -0.739. The van der Waals surface area contributed by atoms with Crippen LogP contribution < -0.4 is 10.5 Å². The Bertz CT molecular complexity index is 575. The van der Waals surface area contributed by atoms with Crippen LogP contribution in [-0.2, 0) is 6.54 Å². The predicted molar refractivity (Wildman–Crippen MR) is 68.5 cm³/mol. The number of hydrogen-bond acceptors (Lipinski definition) is 2. The summed E-state index contributed by atoms with van der Waals surface area (Å²) in [4.78, 5) is 0. The fourth-order valence-electron chi connectivity index (χ4n) is 1.48. The highest BCUT2D eigenvalue weighted by molar-refractivity contribution is 9.10. The van der Waals surface area contributed by atoms with Crippen molar-refractivity contribution in [1.29, 1.82) is 0 Å². The second-order valence-electron chi connectivity index (χ2n) is 3.68. The van der Waals surface area contributed by atoms with Gasteiger partial charge < -0.3 is 10.5 Å². The zero-order valence-corrected chi connectivity index (χ0v) is 10.9. The first-order valence-corrected chi connectivity index (χ1v) is 6.00. The van der Waals surface area contributed by atoms with E-state index in [1.54, 1.807) is 12.1 Å². The lowest BCUT2D eigenvalue weighted by molar-refractivity contribution is 0.438.